The van der Waals surface area contributed by atoms with E-state index >= 15 is 0 Å². The molecule has 2 aromatic rings. The van der Waals surface area contributed by atoms with Crippen LogP contribution >= 0.6 is 11.6 Å². The summed E-state index contributed by atoms with van der Waals surface area (Å²) < 4.78 is 5.59. The van der Waals surface area contributed by atoms with Crippen molar-refractivity contribution in [3.8, 4) is 5.75 Å². The molecule has 0 aliphatic heterocycles. The van der Waals surface area contributed by atoms with Crippen molar-refractivity contribution < 1.29 is 4.74 Å². The predicted molar refractivity (Wildman–Crippen MR) is 76.6 cm³/mol. The van der Waals surface area contributed by atoms with E-state index in [1.165, 1.54) is 5.56 Å². The monoisotopic (exact) mass is 261 g/mol. The van der Waals surface area contributed by atoms with Gasteiger partial charge in [0.25, 0.3) is 0 Å². The van der Waals surface area contributed by atoms with Crippen molar-refractivity contribution >= 4 is 17.3 Å². The first kappa shape index (κ1) is 12.8. The number of benzene rings is 2. The molecule has 18 heavy (non-hydrogen) atoms. The summed E-state index contributed by atoms with van der Waals surface area (Å²) in [5.74, 6) is 0.727. The number of para-hydroxylation sites is 1. The number of hydrogen-bond acceptors (Lipinski definition) is 2. The molecule has 0 aromatic heterocycles. The normalized spacial score (nSPS) is 10.1. The number of hydrogen-bond donors (Lipinski definition) is 1. The molecule has 0 heterocycles. The molecule has 0 aliphatic rings. The number of halogens is 1. The topological polar surface area (TPSA) is 21.3 Å². The smallest absolute Gasteiger partial charge is 0.137 e. The van der Waals surface area contributed by atoms with Gasteiger partial charge in [0, 0.05) is 12.2 Å². The molecule has 0 spiro atoms. The Morgan fingerprint density at radius 2 is 1.94 bits per heavy atom. The molecule has 2 nitrogen and oxygen atoms in total. The molecule has 0 atom stereocenters. The van der Waals surface area contributed by atoms with Gasteiger partial charge >= 0.3 is 0 Å². The van der Waals surface area contributed by atoms with Crippen LogP contribution in [0.1, 0.15) is 5.56 Å². The Hall–Kier alpha value is -1.67. The van der Waals surface area contributed by atoms with Crippen LogP contribution < -0.4 is 10.1 Å². The molecule has 2 rings (SSSR count). The van der Waals surface area contributed by atoms with Gasteiger partial charge in [0.05, 0.1) is 5.02 Å². The van der Waals surface area contributed by atoms with Crippen LogP contribution in [0.3, 0.4) is 0 Å². The first-order chi connectivity index (χ1) is 8.75. The van der Waals surface area contributed by atoms with Gasteiger partial charge in [-0.15, -0.1) is 0 Å². The molecule has 0 unspecified atom stereocenters. The van der Waals surface area contributed by atoms with E-state index in [2.05, 4.69) is 24.4 Å². The van der Waals surface area contributed by atoms with Crippen LogP contribution in [0.4, 0.5) is 5.69 Å². The number of ether oxygens (including phenoxy) is 1. The van der Waals surface area contributed by atoms with E-state index in [0.29, 0.717) is 11.6 Å². The van der Waals surface area contributed by atoms with Crippen LogP contribution in [-0.2, 0) is 0 Å². The highest BCUT2D eigenvalue weighted by atomic mass is 35.5. The van der Waals surface area contributed by atoms with Gasteiger partial charge in [-0.1, -0.05) is 35.9 Å². The highest BCUT2D eigenvalue weighted by molar-refractivity contribution is 6.32. The molecule has 0 saturated heterocycles. The lowest BCUT2D eigenvalue weighted by molar-refractivity contribution is 0.333. The number of rotatable bonds is 5. The second kappa shape index (κ2) is 6.31. The minimum Gasteiger partial charge on any atom is -0.490 e. The third kappa shape index (κ3) is 3.67. The summed E-state index contributed by atoms with van der Waals surface area (Å²) in [5, 5.41) is 3.95. The molecule has 3 heteroatoms. The minimum absolute atomic E-state index is 0.581. The zero-order chi connectivity index (χ0) is 12.8. The summed E-state index contributed by atoms with van der Waals surface area (Å²) in [4.78, 5) is 0. The molecule has 2 aromatic carbocycles. The Balaban J connectivity index is 1.78. The Kier molecular flexibility index (Phi) is 4.48. The van der Waals surface area contributed by atoms with Gasteiger partial charge in [-0.2, -0.15) is 0 Å². The van der Waals surface area contributed by atoms with Gasteiger partial charge in [-0.25, -0.2) is 0 Å². The van der Waals surface area contributed by atoms with Gasteiger partial charge in [0.15, 0.2) is 0 Å². The van der Waals surface area contributed by atoms with Gasteiger partial charge in [-0.05, 0) is 36.8 Å². The standard InChI is InChI=1S/C15H16ClNO/c1-12-5-4-6-13(11-12)17-9-10-18-15-8-3-2-7-14(15)16/h2-8,11,17H,9-10H2,1H3. The summed E-state index contributed by atoms with van der Waals surface area (Å²) in [7, 11) is 0. The Morgan fingerprint density at radius 1 is 1.11 bits per heavy atom. The van der Waals surface area contributed by atoms with E-state index in [0.717, 1.165) is 18.0 Å². The molecule has 0 bridgehead atoms. The Morgan fingerprint density at radius 3 is 2.72 bits per heavy atom. The molecule has 1 N–H and O–H groups in total. The van der Waals surface area contributed by atoms with Gasteiger partial charge in [0.2, 0.25) is 0 Å². The van der Waals surface area contributed by atoms with Crippen LogP contribution in [0.25, 0.3) is 0 Å². The van der Waals surface area contributed by atoms with Crippen molar-refractivity contribution in [2.45, 2.75) is 6.92 Å². The van der Waals surface area contributed by atoms with Gasteiger partial charge in [0.1, 0.15) is 12.4 Å². The Bertz CT molecular complexity index is 513. The summed E-state index contributed by atoms with van der Waals surface area (Å²) in [6.45, 7) is 3.40. The number of nitrogens with one attached hydrogen (secondary N) is 1. The fourth-order valence-corrected chi connectivity index (χ4v) is 1.86. The summed E-state index contributed by atoms with van der Waals surface area (Å²) >= 11 is 6.00. The third-order valence-corrected chi connectivity index (χ3v) is 2.86. The highest BCUT2D eigenvalue weighted by Gasteiger charge is 1.98. The summed E-state index contributed by atoms with van der Waals surface area (Å²) in [5.41, 5.74) is 2.35. The number of anilines is 1. The van der Waals surface area contributed by atoms with Gasteiger partial charge < -0.3 is 10.1 Å². The molecular weight excluding hydrogens is 246 g/mol. The fraction of sp³-hybridized carbons (Fsp3) is 0.200. The molecule has 94 valence electrons. The summed E-state index contributed by atoms with van der Waals surface area (Å²) in [6.07, 6.45) is 0. The largest absolute Gasteiger partial charge is 0.490 e. The molecular formula is C15H16ClNO. The van der Waals surface area contributed by atoms with Crippen molar-refractivity contribution in [1.29, 1.82) is 0 Å². The molecule has 0 radical (unpaired) electrons. The van der Waals surface area contributed by atoms with Crippen LogP contribution in [0.2, 0.25) is 5.02 Å². The second-order valence-corrected chi connectivity index (χ2v) is 4.48. The minimum atomic E-state index is 0.581. The first-order valence-corrected chi connectivity index (χ1v) is 6.31. The van der Waals surface area contributed by atoms with Crippen molar-refractivity contribution in [2.75, 3.05) is 18.5 Å². The Labute approximate surface area is 113 Å². The molecule has 0 saturated carbocycles. The van der Waals surface area contributed by atoms with Crippen molar-refractivity contribution in [3.63, 3.8) is 0 Å². The van der Waals surface area contributed by atoms with Crippen LogP contribution in [0.15, 0.2) is 48.5 Å². The van der Waals surface area contributed by atoms with E-state index in [9.17, 15) is 0 Å². The van der Waals surface area contributed by atoms with Crippen LogP contribution in [0.5, 0.6) is 5.75 Å². The highest BCUT2D eigenvalue weighted by Crippen LogP contribution is 2.22. The van der Waals surface area contributed by atoms with Crippen molar-refractivity contribution in [2.24, 2.45) is 0 Å². The van der Waals surface area contributed by atoms with E-state index in [1.54, 1.807) is 0 Å². The maximum atomic E-state index is 6.00. The quantitative estimate of drug-likeness (QED) is 0.817. The zero-order valence-corrected chi connectivity index (χ0v) is 11.1. The van der Waals surface area contributed by atoms with E-state index in [1.807, 2.05) is 36.4 Å². The number of aryl methyl sites for hydroxylation is 1. The van der Waals surface area contributed by atoms with Crippen LogP contribution in [0, 0.1) is 6.92 Å². The molecule has 0 fully saturated rings. The molecule has 0 amide bonds. The third-order valence-electron chi connectivity index (χ3n) is 2.54. The van der Waals surface area contributed by atoms with Crippen molar-refractivity contribution in [1.82, 2.24) is 0 Å². The van der Waals surface area contributed by atoms with E-state index in [4.69, 9.17) is 16.3 Å². The fourth-order valence-electron chi connectivity index (χ4n) is 1.67. The van der Waals surface area contributed by atoms with E-state index < -0.39 is 0 Å². The lowest BCUT2D eigenvalue weighted by Gasteiger charge is -2.10. The SMILES string of the molecule is Cc1cccc(NCCOc2ccccc2Cl)c1. The average Bonchev–Trinajstić information content (AvgIpc) is 2.37. The lowest BCUT2D eigenvalue weighted by atomic mass is 10.2. The predicted octanol–water partition coefficient (Wildman–Crippen LogP) is 4.14. The first-order valence-electron chi connectivity index (χ1n) is 5.93. The average molecular weight is 262 g/mol. The maximum Gasteiger partial charge on any atom is 0.137 e. The molecule has 0 aliphatic carbocycles. The lowest BCUT2D eigenvalue weighted by Crippen LogP contribution is -2.11. The van der Waals surface area contributed by atoms with Gasteiger partial charge in [-0.3, -0.25) is 0 Å². The van der Waals surface area contributed by atoms with Crippen LogP contribution in [-0.4, -0.2) is 13.2 Å². The second-order valence-electron chi connectivity index (χ2n) is 4.08. The van der Waals surface area contributed by atoms with Crippen molar-refractivity contribution in [3.05, 3.63) is 59.1 Å². The zero-order valence-electron chi connectivity index (χ0n) is 10.3. The summed E-state index contributed by atoms with van der Waals surface area (Å²) in [6, 6.07) is 15.8. The maximum absolute atomic E-state index is 6.00. The van der Waals surface area contributed by atoms with E-state index in [-0.39, 0.29) is 0 Å².